The number of aromatic nitrogens is 1. The van der Waals surface area contributed by atoms with Gasteiger partial charge in [0.05, 0.1) is 28.9 Å². The number of esters is 1. The number of rotatable bonds is 6. The monoisotopic (exact) mass is 402 g/mol. The molecule has 146 valence electrons. The van der Waals surface area contributed by atoms with Gasteiger partial charge in [0, 0.05) is 7.05 Å². The van der Waals surface area contributed by atoms with Crippen molar-refractivity contribution in [3.05, 3.63) is 58.9 Å². The number of amides is 1. The number of carbonyl (C=O) groups excluding carboxylic acids is 2. The number of nitrogens with zero attached hydrogens (tertiary/aromatic N) is 2. The molecule has 1 atom stereocenters. The highest BCUT2D eigenvalue weighted by molar-refractivity contribution is 7.18. The Kier molecular flexibility index (Phi) is 5.89. The van der Waals surface area contributed by atoms with E-state index in [4.69, 9.17) is 9.47 Å². The fraction of sp³-hybridized carbons (Fsp3) is 0.250. The summed E-state index contributed by atoms with van der Waals surface area (Å²) in [5.41, 5.74) is 0.885. The van der Waals surface area contributed by atoms with Gasteiger partial charge in [-0.3, -0.25) is 4.79 Å². The van der Waals surface area contributed by atoms with Gasteiger partial charge in [-0.1, -0.05) is 12.1 Å². The highest BCUT2D eigenvalue weighted by atomic mass is 32.1. The molecular formula is C20H19FN2O4S. The molecule has 0 unspecified atom stereocenters. The van der Waals surface area contributed by atoms with Crippen molar-refractivity contribution in [2.45, 2.75) is 13.0 Å². The zero-order valence-electron chi connectivity index (χ0n) is 15.6. The third kappa shape index (κ3) is 4.12. The largest absolute Gasteiger partial charge is 0.494 e. The van der Waals surface area contributed by atoms with Crippen LogP contribution in [0.2, 0.25) is 0 Å². The standard InChI is InChI=1S/C20H19FN2O4S/c1-12(19-22-15-6-4-5-7-17(15)28-19)23(2)18(24)11-27-20(25)13-8-9-16(26-3)14(21)10-13/h4-10,12H,11H2,1-3H3/t12-/m1/s1. The van der Waals surface area contributed by atoms with Crippen LogP contribution in [0, 0.1) is 5.82 Å². The molecule has 1 amide bonds. The Morgan fingerprint density at radius 2 is 2.00 bits per heavy atom. The zero-order valence-corrected chi connectivity index (χ0v) is 16.5. The van der Waals surface area contributed by atoms with Gasteiger partial charge in [-0.2, -0.15) is 0 Å². The van der Waals surface area contributed by atoms with Crippen molar-refractivity contribution >= 4 is 33.4 Å². The lowest BCUT2D eigenvalue weighted by molar-refractivity contribution is -0.135. The molecular weight excluding hydrogens is 383 g/mol. The average molecular weight is 402 g/mol. The second-order valence-corrected chi connectivity index (χ2v) is 7.19. The molecule has 2 aromatic carbocycles. The van der Waals surface area contributed by atoms with E-state index in [0.717, 1.165) is 21.3 Å². The van der Waals surface area contributed by atoms with E-state index < -0.39 is 18.4 Å². The third-order valence-corrected chi connectivity index (χ3v) is 5.56. The molecule has 0 aliphatic carbocycles. The van der Waals surface area contributed by atoms with E-state index in [1.165, 1.54) is 35.5 Å². The van der Waals surface area contributed by atoms with Crippen LogP contribution in [0.1, 0.15) is 28.3 Å². The van der Waals surface area contributed by atoms with Crippen LogP contribution in [-0.2, 0) is 9.53 Å². The van der Waals surface area contributed by atoms with Crippen molar-refractivity contribution in [1.82, 2.24) is 9.88 Å². The number of hydrogen-bond acceptors (Lipinski definition) is 6. The molecule has 0 bridgehead atoms. The number of para-hydroxylation sites is 1. The molecule has 1 aromatic heterocycles. The summed E-state index contributed by atoms with van der Waals surface area (Å²) >= 11 is 1.51. The average Bonchev–Trinajstić information content (AvgIpc) is 3.14. The summed E-state index contributed by atoms with van der Waals surface area (Å²) in [4.78, 5) is 30.5. The molecule has 28 heavy (non-hydrogen) atoms. The lowest BCUT2D eigenvalue weighted by Gasteiger charge is -2.23. The minimum Gasteiger partial charge on any atom is -0.494 e. The van der Waals surface area contributed by atoms with Gasteiger partial charge >= 0.3 is 5.97 Å². The molecule has 3 rings (SSSR count). The number of ether oxygens (including phenoxy) is 2. The Hall–Kier alpha value is -3.00. The van der Waals surface area contributed by atoms with Crippen LogP contribution in [-0.4, -0.2) is 42.5 Å². The van der Waals surface area contributed by atoms with Crippen LogP contribution < -0.4 is 4.74 Å². The number of halogens is 1. The fourth-order valence-electron chi connectivity index (χ4n) is 2.56. The first-order chi connectivity index (χ1) is 13.4. The van der Waals surface area contributed by atoms with Crippen LogP contribution >= 0.6 is 11.3 Å². The number of thiazole rings is 1. The highest BCUT2D eigenvalue weighted by Crippen LogP contribution is 2.28. The summed E-state index contributed by atoms with van der Waals surface area (Å²) in [7, 11) is 2.96. The molecule has 0 N–H and O–H groups in total. The second kappa shape index (κ2) is 8.35. The Bertz CT molecular complexity index is 987. The Balaban J connectivity index is 1.61. The zero-order chi connectivity index (χ0) is 20.3. The fourth-order valence-corrected chi connectivity index (χ4v) is 3.62. The van der Waals surface area contributed by atoms with E-state index in [1.807, 2.05) is 31.2 Å². The van der Waals surface area contributed by atoms with Gasteiger partial charge in [0.2, 0.25) is 0 Å². The van der Waals surface area contributed by atoms with Crippen LogP contribution in [0.3, 0.4) is 0 Å². The number of fused-ring (bicyclic) bond motifs is 1. The van der Waals surface area contributed by atoms with Crippen molar-refractivity contribution in [3.63, 3.8) is 0 Å². The minimum atomic E-state index is -0.782. The maximum Gasteiger partial charge on any atom is 0.338 e. The van der Waals surface area contributed by atoms with Gasteiger partial charge in [0.1, 0.15) is 5.01 Å². The maximum atomic E-state index is 13.7. The summed E-state index contributed by atoms with van der Waals surface area (Å²) in [6.07, 6.45) is 0. The number of carbonyl (C=O) groups is 2. The van der Waals surface area contributed by atoms with Crippen molar-refractivity contribution in [1.29, 1.82) is 0 Å². The molecule has 0 saturated heterocycles. The molecule has 0 saturated carbocycles. The number of hydrogen-bond donors (Lipinski definition) is 0. The van der Waals surface area contributed by atoms with E-state index in [2.05, 4.69) is 4.98 Å². The number of methoxy groups -OCH3 is 1. The molecule has 0 aliphatic rings. The quantitative estimate of drug-likeness (QED) is 0.587. The molecule has 1 heterocycles. The summed E-state index contributed by atoms with van der Waals surface area (Å²) in [6.45, 7) is 1.41. The Morgan fingerprint density at radius 1 is 1.25 bits per heavy atom. The van der Waals surface area contributed by atoms with Gasteiger partial charge in [0.15, 0.2) is 18.2 Å². The van der Waals surface area contributed by atoms with Gasteiger partial charge in [-0.25, -0.2) is 14.2 Å². The number of benzene rings is 2. The van der Waals surface area contributed by atoms with Crippen molar-refractivity contribution in [2.75, 3.05) is 20.8 Å². The van der Waals surface area contributed by atoms with Crippen LogP contribution in [0.5, 0.6) is 5.75 Å². The topological polar surface area (TPSA) is 68.7 Å². The van der Waals surface area contributed by atoms with Crippen LogP contribution in [0.25, 0.3) is 10.2 Å². The summed E-state index contributed by atoms with van der Waals surface area (Å²) in [5.74, 6) is -1.81. The van der Waals surface area contributed by atoms with Gasteiger partial charge in [-0.05, 0) is 37.3 Å². The predicted molar refractivity (Wildman–Crippen MR) is 104 cm³/mol. The molecule has 6 nitrogen and oxygen atoms in total. The normalized spacial score (nSPS) is 11.9. The highest BCUT2D eigenvalue weighted by Gasteiger charge is 2.22. The Morgan fingerprint density at radius 3 is 2.68 bits per heavy atom. The minimum absolute atomic E-state index is 0.00738. The van der Waals surface area contributed by atoms with Crippen molar-refractivity contribution in [3.8, 4) is 5.75 Å². The third-order valence-electron chi connectivity index (χ3n) is 4.36. The van der Waals surface area contributed by atoms with E-state index in [1.54, 1.807) is 7.05 Å². The maximum absolute atomic E-state index is 13.7. The molecule has 3 aromatic rings. The van der Waals surface area contributed by atoms with Gasteiger partial charge in [0.25, 0.3) is 5.91 Å². The molecule has 8 heteroatoms. The van der Waals surface area contributed by atoms with E-state index >= 15 is 0 Å². The first kappa shape index (κ1) is 19.8. The van der Waals surface area contributed by atoms with E-state index in [9.17, 15) is 14.0 Å². The summed E-state index contributed by atoms with van der Waals surface area (Å²) in [5, 5.41) is 0.792. The Labute approximate surface area is 165 Å². The SMILES string of the molecule is COc1ccc(C(=O)OCC(=O)N(C)[C@H](C)c2nc3ccccc3s2)cc1F. The first-order valence-electron chi connectivity index (χ1n) is 8.52. The second-order valence-electron chi connectivity index (χ2n) is 6.13. The lowest BCUT2D eigenvalue weighted by Crippen LogP contribution is -2.33. The van der Waals surface area contributed by atoms with Gasteiger partial charge in [-0.15, -0.1) is 11.3 Å². The lowest BCUT2D eigenvalue weighted by atomic mass is 10.2. The van der Waals surface area contributed by atoms with Crippen molar-refractivity contribution < 1.29 is 23.5 Å². The number of likely N-dealkylation sites (N-methyl/N-ethyl adjacent to an activating group) is 1. The smallest absolute Gasteiger partial charge is 0.338 e. The molecule has 0 aliphatic heterocycles. The summed E-state index contributed by atoms with van der Waals surface area (Å²) < 4.78 is 24.6. The van der Waals surface area contributed by atoms with Crippen molar-refractivity contribution in [2.24, 2.45) is 0 Å². The van der Waals surface area contributed by atoms with Crippen LogP contribution in [0.15, 0.2) is 42.5 Å². The van der Waals surface area contributed by atoms with E-state index in [0.29, 0.717) is 0 Å². The molecule has 0 spiro atoms. The predicted octanol–water partition coefficient (Wildman–Crippen LogP) is 3.82. The van der Waals surface area contributed by atoms with Gasteiger partial charge < -0.3 is 14.4 Å². The van der Waals surface area contributed by atoms with Crippen LogP contribution in [0.4, 0.5) is 4.39 Å². The van der Waals surface area contributed by atoms with E-state index in [-0.39, 0.29) is 23.3 Å². The molecule has 0 radical (unpaired) electrons. The molecule has 0 fully saturated rings. The first-order valence-corrected chi connectivity index (χ1v) is 9.34. The summed E-state index contributed by atoms with van der Waals surface area (Å²) in [6, 6.07) is 11.2.